The number of nitrogens with one attached hydrogen (secondary N) is 1. The van der Waals surface area contributed by atoms with Crippen molar-refractivity contribution in [3.05, 3.63) is 64.7 Å². The Hall–Kier alpha value is -3.38. The molecular weight excluding hydrogens is 366 g/mol. The normalized spacial score (nSPS) is 11.7. The molecule has 27 heavy (non-hydrogen) atoms. The fourth-order valence-electron chi connectivity index (χ4n) is 2.71. The maximum absolute atomic E-state index is 12.6. The molecule has 0 unspecified atom stereocenters. The van der Waals surface area contributed by atoms with E-state index in [-0.39, 0.29) is 17.2 Å². The summed E-state index contributed by atoms with van der Waals surface area (Å²) in [5.41, 5.74) is 1.98. The highest BCUT2D eigenvalue weighted by atomic mass is 32.1. The second-order valence-corrected chi connectivity index (χ2v) is 6.20. The molecule has 0 saturated heterocycles. The average Bonchev–Trinajstić information content (AvgIpc) is 3.14. The molecule has 2 heterocycles. The van der Waals surface area contributed by atoms with Crippen LogP contribution in [0.5, 0.6) is 0 Å². The Kier molecular flexibility index (Phi) is 5.09. The predicted molar refractivity (Wildman–Crippen MR) is 99.7 cm³/mol. The van der Waals surface area contributed by atoms with E-state index < -0.39 is 17.3 Å². The Morgan fingerprint density at radius 1 is 1.41 bits per heavy atom. The first-order chi connectivity index (χ1) is 12.9. The Bertz CT molecular complexity index is 1090. The van der Waals surface area contributed by atoms with Crippen molar-refractivity contribution in [2.45, 2.75) is 18.7 Å². The lowest BCUT2D eigenvalue weighted by atomic mass is 10.0. The number of carbonyl (C=O) groups excluding carboxylic acids is 1. The number of amides is 1. The lowest BCUT2D eigenvalue weighted by Crippen LogP contribution is -2.27. The molecule has 0 bridgehead atoms. The first kappa shape index (κ1) is 18.4. The molecule has 0 spiro atoms. The number of carboxylic acids is 1. The van der Waals surface area contributed by atoms with Crippen LogP contribution in [0.25, 0.3) is 5.78 Å². The van der Waals surface area contributed by atoms with Crippen molar-refractivity contribution >= 4 is 30.3 Å². The van der Waals surface area contributed by atoms with Gasteiger partial charge < -0.3 is 10.4 Å². The van der Waals surface area contributed by atoms with Gasteiger partial charge in [0, 0.05) is 18.5 Å². The van der Waals surface area contributed by atoms with Crippen molar-refractivity contribution in [3.63, 3.8) is 0 Å². The summed E-state index contributed by atoms with van der Waals surface area (Å²) in [7, 11) is 0. The van der Waals surface area contributed by atoms with Crippen molar-refractivity contribution in [2.24, 2.45) is 0 Å². The summed E-state index contributed by atoms with van der Waals surface area (Å²) in [6.07, 6.45) is 3.53. The number of rotatable bonds is 5. The lowest BCUT2D eigenvalue weighted by Gasteiger charge is -2.17. The smallest absolute Gasteiger partial charge is 0.353 e. The summed E-state index contributed by atoms with van der Waals surface area (Å²) in [5, 5.41) is 20.4. The van der Waals surface area contributed by atoms with E-state index in [1.165, 1.54) is 22.9 Å². The number of hydrogen-bond acceptors (Lipinski definition) is 6. The predicted octanol–water partition coefficient (Wildman–Crippen LogP) is 2.22. The van der Waals surface area contributed by atoms with Crippen LogP contribution in [0.2, 0.25) is 0 Å². The molecule has 2 N–H and O–H groups in total. The minimum atomic E-state index is -1.20. The van der Waals surface area contributed by atoms with Crippen LogP contribution >= 0.6 is 12.6 Å². The van der Waals surface area contributed by atoms with Crippen LogP contribution in [-0.4, -0.2) is 31.4 Å². The van der Waals surface area contributed by atoms with E-state index in [4.69, 9.17) is 5.26 Å². The molecule has 0 aliphatic rings. The zero-order chi connectivity index (χ0) is 19.6. The van der Waals surface area contributed by atoms with Crippen molar-refractivity contribution < 1.29 is 14.7 Å². The van der Waals surface area contributed by atoms with Crippen molar-refractivity contribution in [2.75, 3.05) is 0 Å². The molecule has 3 aromatic rings. The van der Waals surface area contributed by atoms with Crippen molar-refractivity contribution in [3.8, 4) is 6.07 Å². The molecule has 136 valence electrons. The van der Waals surface area contributed by atoms with Gasteiger partial charge in [0.15, 0.2) is 0 Å². The molecule has 0 aliphatic heterocycles. The lowest BCUT2D eigenvalue weighted by molar-refractivity contribution is 0.0688. The minimum Gasteiger partial charge on any atom is -0.477 e. The molecule has 8 nitrogen and oxygen atoms in total. The molecule has 0 radical (unpaired) electrons. The molecule has 3 rings (SSSR count). The highest BCUT2D eigenvalue weighted by Crippen LogP contribution is 2.23. The van der Waals surface area contributed by atoms with Gasteiger partial charge in [0.05, 0.1) is 17.0 Å². The molecule has 0 aliphatic carbocycles. The Labute approximate surface area is 159 Å². The van der Waals surface area contributed by atoms with Gasteiger partial charge in [0.2, 0.25) is 5.78 Å². The first-order valence-electron chi connectivity index (χ1n) is 8.03. The number of nitriles is 1. The van der Waals surface area contributed by atoms with E-state index in [9.17, 15) is 14.7 Å². The zero-order valence-corrected chi connectivity index (χ0v) is 15.1. The van der Waals surface area contributed by atoms with Gasteiger partial charge in [-0.15, -0.1) is 12.6 Å². The van der Waals surface area contributed by atoms with Crippen LogP contribution in [0.4, 0.5) is 0 Å². The topological polar surface area (TPSA) is 120 Å². The quantitative estimate of drug-likeness (QED) is 0.460. The number of carboxylic acid groups (broad SMARTS) is 1. The van der Waals surface area contributed by atoms with E-state index in [1.807, 2.05) is 6.92 Å². The highest BCUT2D eigenvalue weighted by molar-refractivity contribution is 7.80. The maximum atomic E-state index is 12.6. The number of aromatic carboxylic acids is 1. The van der Waals surface area contributed by atoms with Gasteiger partial charge in [-0.1, -0.05) is 13.0 Å². The highest BCUT2D eigenvalue weighted by Gasteiger charge is 2.20. The van der Waals surface area contributed by atoms with Crippen LogP contribution < -0.4 is 5.32 Å². The Morgan fingerprint density at radius 3 is 2.85 bits per heavy atom. The molecule has 2 aromatic heterocycles. The van der Waals surface area contributed by atoms with Crippen LogP contribution in [0, 0.1) is 11.3 Å². The van der Waals surface area contributed by atoms with Crippen LogP contribution in [-0.2, 0) is 6.42 Å². The summed E-state index contributed by atoms with van der Waals surface area (Å²) in [5.74, 6) is -1.66. The van der Waals surface area contributed by atoms with Crippen LogP contribution in [0.3, 0.4) is 0 Å². The fraction of sp³-hybridized carbons (Fsp3) is 0.167. The largest absolute Gasteiger partial charge is 0.477 e. The number of imidazole rings is 1. The van der Waals surface area contributed by atoms with Gasteiger partial charge in [-0.3, -0.25) is 9.20 Å². The number of benzene rings is 1. The van der Waals surface area contributed by atoms with E-state index >= 15 is 0 Å². The molecule has 9 heteroatoms. The number of aromatic nitrogens is 3. The van der Waals surface area contributed by atoms with Crippen LogP contribution in [0.1, 0.15) is 50.0 Å². The van der Waals surface area contributed by atoms with Crippen molar-refractivity contribution in [1.82, 2.24) is 19.7 Å². The monoisotopic (exact) mass is 381 g/mol. The summed E-state index contributed by atoms with van der Waals surface area (Å²) >= 11 is 4.44. The molecule has 1 atom stereocenters. The number of aryl methyl sites for hydroxylation is 1. The van der Waals surface area contributed by atoms with Gasteiger partial charge in [0.25, 0.3) is 5.91 Å². The molecular formula is C18H15N5O3S. The first-order valence-corrected chi connectivity index (χ1v) is 8.55. The third-order valence-electron chi connectivity index (χ3n) is 4.04. The number of fused-ring (bicyclic) bond motifs is 1. The fourth-order valence-corrected chi connectivity index (χ4v) is 3.08. The zero-order valence-electron chi connectivity index (χ0n) is 14.2. The third-order valence-corrected chi connectivity index (χ3v) is 4.45. The summed E-state index contributed by atoms with van der Waals surface area (Å²) < 4.78 is 1.28. The number of carbonyl (C=O) groups is 2. The summed E-state index contributed by atoms with van der Waals surface area (Å²) in [6, 6.07) is 8.41. The number of nitrogens with zero attached hydrogens (tertiary/aromatic N) is 4. The van der Waals surface area contributed by atoms with E-state index in [2.05, 4.69) is 34.0 Å². The van der Waals surface area contributed by atoms with E-state index in [0.29, 0.717) is 12.0 Å². The van der Waals surface area contributed by atoms with Gasteiger partial charge in [-0.25, -0.2) is 14.8 Å². The van der Waals surface area contributed by atoms with Gasteiger partial charge in [0.1, 0.15) is 11.4 Å². The Morgan fingerprint density at radius 2 is 2.19 bits per heavy atom. The van der Waals surface area contributed by atoms with E-state index in [1.54, 1.807) is 18.2 Å². The molecule has 0 saturated carbocycles. The third kappa shape index (κ3) is 3.61. The molecule has 0 fully saturated rings. The SMILES string of the molecule is CCc1cc(C#N)ccc1[C@H](S)NC(=O)c1cc(C(=O)O)n2ccnc2n1. The second-order valence-electron chi connectivity index (χ2n) is 5.68. The summed E-state index contributed by atoms with van der Waals surface area (Å²) in [6.45, 7) is 1.94. The summed E-state index contributed by atoms with van der Waals surface area (Å²) in [4.78, 5) is 32.1. The van der Waals surface area contributed by atoms with E-state index in [0.717, 1.165) is 11.1 Å². The molecule has 1 aromatic carbocycles. The van der Waals surface area contributed by atoms with Crippen LogP contribution in [0.15, 0.2) is 36.7 Å². The standard InChI is InChI=1S/C18H15N5O3S/c1-2-11-7-10(9-19)3-4-12(11)16(27)22-15(24)13-8-14(17(25)26)23-6-5-20-18(23)21-13/h3-8,16,27H,2H2,1H3,(H,22,24)(H,25,26)/t16-/m0/s1. The van der Waals surface area contributed by atoms with Crippen molar-refractivity contribution in [1.29, 1.82) is 5.26 Å². The number of hydrogen-bond donors (Lipinski definition) is 3. The second kappa shape index (κ2) is 7.47. The minimum absolute atomic E-state index is 0.0724. The molecule has 1 amide bonds. The van der Waals surface area contributed by atoms with Gasteiger partial charge in [-0.2, -0.15) is 5.26 Å². The average molecular weight is 381 g/mol. The van der Waals surface area contributed by atoms with Gasteiger partial charge in [-0.05, 0) is 29.7 Å². The number of thiol groups is 1. The van der Waals surface area contributed by atoms with Gasteiger partial charge >= 0.3 is 5.97 Å². The Balaban J connectivity index is 1.90. The maximum Gasteiger partial charge on any atom is 0.353 e.